The van der Waals surface area contributed by atoms with Gasteiger partial charge in [0.25, 0.3) is 11.8 Å². The zero-order valence-corrected chi connectivity index (χ0v) is 14.4. The summed E-state index contributed by atoms with van der Waals surface area (Å²) >= 11 is 5.83. The number of hydrogen-bond acceptors (Lipinski definition) is 5. The van der Waals surface area contributed by atoms with Crippen LogP contribution in [0.1, 0.15) is 27.4 Å². The molecule has 1 fully saturated rings. The highest BCUT2D eigenvalue weighted by molar-refractivity contribution is 6.30. The van der Waals surface area contributed by atoms with Gasteiger partial charge in [-0.3, -0.25) is 14.6 Å². The van der Waals surface area contributed by atoms with Crippen molar-refractivity contribution in [2.45, 2.75) is 6.42 Å². The first-order chi connectivity index (χ1) is 12.1. The van der Waals surface area contributed by atoms with E-state index in [2.05, 4.69) is 20.3 Å². The molecular weight excluding hydrogens is 346 g/mol. The summed E-state index contributed by atoms with van der Waals surface area (Å²) in [5.74, 6) is 0.0820. The second-order valence-corrected chi connectivity index (χ2v) is 6.23. The van der Waals surface area contributed by atoms with Crippen LogP contribution < -0.4 is 10.1 Å². The number of likely N-dealkylation sites (tertiary alicyclic amines) is 1. The summed E-state index contributed by atoms with van der Waals surface area (Å²) in [5.41, 5.74) is 0.674. The van der Waals surface area contributed by atoms with Crippen LogP contribution in [0.3, 0.4) is 0 Å². The van der Waals surface area contributed by atoms with Crippen molar-refractivity contribution in [1.29, 1.82) is 0 Å². The molecule has 1 aliphatic heterocycles. The fraction of sp³-hybridized carbons (Fsp3) is 0.375. The molecule has 0 spiro atoms. The van der Waals surface area contributed by atoms with Gasteiger partial charge in [0, 0.05) is 25.8 Å². The minimum absolute atomic E-state index is 0.0839. The monoisotopic (exact) mass is 363 g/mol. The molecular formula is C16H18ClN5O3. The van der Waals surface area contributed by atoms with Crippen molar-refractivity contribution in [3.63, 3.8) is 0 Å². The Labute approximate surface area is 149 Å². The summed E-state index contributed by atoms with van der Waals surface area (Å²) in [6, 6.07) is 1.61. The Bertz CT molecular complexity index is 779. The van der Waals surface area contributed by atoms with Gasteiger partial charge in [0.05, 0.1) is 24.5 Å². The van der Waals surface area contributed by atoms with E-state index in [0.29, 0.717) is 30.4 Å². The minimum Gasteiger partial charge on any atom is -0.480 e. The number of hydrogen-bond donors (Lipinski definition) is 2. The number of H-pyrrole nitrogens is 1. The summed E-state index contributed by atoms with van der Waals surface area (Å²) in [7, 11) is 1.47. The van der Waals surface area contributed by atoms with Gasteiger partial charge in [-0.25, -0.2) is 4.98 Å². The van der Waals surface area contributed by atoms with Crippen LogP contribution in [0.2, 0.25) is 5.02 Å². The molecule has 9 heteroatoms. The third-order valence-electron chi connectivity index (χ3n) is 4.06. The highest BCUT2D eigenvalue weighted by Gasteiger charge is 2.28. The van der Waals surface area contributed by atoms with E-state index >= 15 is 0 Å². The predicted molar refractivity (Wildman–Crippen MR) is 90.7 cm³/mol. The van der Waals surface area contributed by atoms with E-state index in [4.69, 9.17) is 16.3 Å². The average molecular weight is 364 g/mol. The Morgan fingerprint density at radius 1 is 1.48 bits per heavy atom. The number of carbonyl (C=O) groups is 2. The van der Waals surface area contributed by atoms with Gasteiger partial charge in [0.2, 0.25) is 5.88 Å². The summed E-state index contributed by atoms with van der Waals surface area (Å²) in [5, 5.41) is 3.34. The molecule has 8 nitrogen and oxygen atoms in total. The minimum atomic E-state index is -0.313. The van der Waals surface area contributed by atoms with Gasteiger partial charge in [-0.2, -0.15) is 0 Å². The molecule has 0 aliphatic carbocycles. The van der Waals surface area contributed by atoms with Gasteiger partial charge in [-0.05, 0) is 18.4 Å². The molecule has 2 aromatic rings. The number of nitrogens with one attached hydrogen (secondary N) is 2. The second kappa shape index (κ2) is 7.52. The van der Waals surface area contributed by atoms with E-state index in [1.165, 1.54) is 19.5 Å². The fourth-order valence-electron chi connectivity index (χ4n) is 2.73. The van der Waals surface area contributed by atoms with Gasteiger partial charge < -0.3 is 19.9 Å². The van der Waals surface area contributed by atoms with Gasteiger partial charge in [-0.1, -0.05) is 11.6 Å². The number of nitrogens with zero attached hydrogens (tertiary/aromatic N) is 3. The normalized spacial score (nSPS) is 16.7. The summed E-state index contributed by atoms with van der Waals surface area (Å²) in [6.45, 7) is 1.70. The molecule has 1 saturated heterocycles. The molecule has 3 rings (SSSR count). The highest BCUT2D eigenvalue weighted by Crippen LogP contribution is 2.19. The third-order valence-corrected chi connectivity index (χ3v) is 4.27. The van der Waals surface area contributed by atoms with Crippen LogP contribution in [0.4, 0.5) is 0 Å². The molecule has 1 aliphatic rings. The van der Waals surface area contributed by atoms with E-state index in [1.54, 1.807) is 17.2 Å². The lowest BCUT2D eigenvalue weighted by molar-refractivity contribution is 0.0782. The van der Waals surface area contributed by atoms with Gasteiger partial charge in [-0.15, -0.1) is 0 Å². The lowest BCUT2D eigenvalue weighted by Crippen LogP contribution is -2.33. The Morgan fingerprint density at radius 3 is 3.04 bits per heavy atom. The van der Waals surface area contributed by atoms with Gasteiger partial charge in [0.15, 0.2) is 0 Å². The number of aromatic amines is 1. The quantitative estimate of drug-likeness (QED) is 0.835. The van der Waals surface area contributed by atoms with Crippen LogP contribution in [0.5, 0.6) is 5.88 Å². The number of amides is 2. The smallest absolute Gasteiger partial charge is 0.271 e. The van der Waals surface area contributed by atoms with E-state index in [0.717, 1.165) is 6.42 Å². The molecule has 1 atom stereocenters. The summed E-state index contributed by atoms with van der Waals surface area (Å²) < 4.78 is 4.96. The van der Waals surface area contributed by atoms with Crippen molar-refractivity contribution in [2.75, 3.05) is 26.7 Å². The molecule has 3 heterocycles. The maximum absolute atomic E-state index is 12.4. The molecule has 0 saturated carbocycles. The van der Waals surface area contributed by atoms with Gasteiger partial charge >= 0.3 is 0 Å². The molecule has 132 valence electrons. The Hall–Kier alpha value is -2.61. The lowest BCUT2D eigenvalue weighted by Gasteiger charge is -2.16. The molecule has 2 N–H and O–H groups in total. The van der Waals surface area contributed by atoms with Crippen molar-refractivity contribution in [2.24, 2.45) is 5.92 Å². The SMILES string of the molecule is COc1cncc(C(=O)NC[C@H]2CCN(C(=O)c3cc(Cl)c[nH]3)C2)n1. The van der Waals surface area contributed by atoms with E-state index < -0.39 is 0 Å². The van der Waals surface area contributed by atoms with Crippen LogP contribution in [-0.4, -0.2) is 58.4 Å². The zero-order chi connectivity index (χ0) is 17.8. The third kappa shape index (κ3) is 4.08. The standard InChI is InChI=1S/C16H18ClN5O3/c1-25-14-8-18-7-13(21-14)15(23)20-5-10-2-3-22(9-10)16(24)12-4-11(17)6-19-12/h4,6-8,10,19H,2-3,5,9H2,1H3,(H,20,23)/t10-/m1/s1. The van der Waals surface area contributed by atoms with Gasteiger partial charge in [0.1, 0.15) is 11.4 Å². The number of ether oxygens (including phenoxy) is 1. The Morgan fingerprint density at radius 2 is 2.32 bits per heavy atom. The van der Waals surface area contributed by atoms with E-state index in [9.17, 15) is 9.59 Å². The van der Waals surface area contributed by atoms with E-state index in [1.807, 2.05) is 0 Å². The first kappa shape index (κ1) is 17.2. The topological polar surface area (TPSA) is 100 Å². The lowest BCUT2D eigenvalue weighted by atomic mass is 10.1. The summed E-state index contributed by atoms with van der Waals surface area (Å²) in [4.78, 5) is 37.1. The van der Waals surface area contributed by atoms with E-state index in [-0.39, 0.29) is 29.3 Å². The fourth-order valence-corrected chi connectivity index (χ4v) is 2.89. The van der Waals surface area contributed by atoms with Crippen molar-refractivity contribution in [1.82, 2.24) is 25.2 Å². The molecule has 0 bridgehead atoms. The zero-order valence-electron chi connectivity index (χ0n) is 13.7. The number of carbonyl (C=O) groups excluding carboxylic acids is 2. The average Bonchev–Trinajstić information content (AvgIpc) is 3.28. The highest BCUT2D eigenvalue weighted by atomic mass is 35.5. The first-order valence-electron chi connectivity index (χ1n) is 7.84. The van der Waals surface area contributed by atoms with Crippen molar-refractivity contribution in [3.8, 4) is 5.88 Å². The van der Waals surface area contributed by atoms with Crippen LogP contribution in [0.25, 0.3) is 0 Å². The van der Waals surface area contributed by atoms with Crippen molar-refractivity contribution < 1.29 is 14.3 Å². The number of halogens is 1. The number of methoxy groups -OCH3 is 1. The maximum Gasteiger partial charge on any atom is 0.271 e. The van der Waals surface area contributed by atoms with Crippen LogP contribution in [-0.2, 0) is 0 Å². The summed E-state index contributed by atoms with van der Waals surface area (Å²) in [6.07, 6.45) is 5.23. The molecule has 0 aromatic carbocycles. The Kier molecular flexibility index (Phi) is 5.18. The maximum atomic E-state index is 12.4. The van der Waals surface area contributed by atoms with Crippen molar-refractivity contribution >= 4 is 23.4 Å². The van der Waals surface area contributed by atoms with Crippen LogP contribution in [0.15, 0.2) is 24.7 Å². The Balaban J connectivity index is 1.51. The van der Waals surface area contributed by atoms with Crippen molar-refractivity contribution in [3.05, 3.63) is 41.1 Å². The molecule has 0 unspecified atom stereocenters. The predicted octanol–water partition coefficient (Wildman–Crippen LogP) is 1.36. The molecule has 0 radical (unpaired) electrons. The largest absolute Gasteiger partial charge is 0.480 e. The van der Waals surface area contributed by atoms with Crippen LogP contribution in [0, 0.1) is 5.92 Å². The molecule has 2 aromatic heterocycles. The number of rotatable bonds is 5. The first-order valence-corrected chi connectivity index (χ1v) is 8.22. The molecule has 2 amide bonds. The van der Waals surface area contributed by atoms with Crippen LogP contribution >= 0.6 is 11.6 Å². The second-order valence-electron chi connectivity index (χ2n) is 5.79. The number of aromatic nitrogens is 3. The molecule has 25 heavy (non-hydrogen) atoms.